The first-order valence-electron chi connectivity index (χ1n) is 3.20. The molecule has 0 aliphatic carbocycles. The molecule has 0 rings (SSSR count). The minimum absolute atomic E-state index is 0.0623. The van der Waals surface area contributed by atoms with Crippen molar-refractivity contribution in [2.75, 3.05) is 12.3 Å². The molecule has 0 aliphatic rings. The van der Waals surface area contributed by atoms with Crippen molar-refractivity contribution < 1.29 is 8.42 Å². The van der Waals surface area contributed by atoms with Gasteiger partial charge in [-0.05, 0) is 18.6 Å². The van der Waals surface area contributed by atoms with Crippen LogP contribution in [0.3, 0.4) is 0 Å². The van der Waals surface area contributed by atoms with E-state index in [4.69, 9.17) is 11.0 Å². The van der Waals surface area contributed by atoms with Crippen molar-refractivity contribution in [3.05, 3.63) is 0 Å². The molecule has 0 bridgehead atoms. The van der Waals surface area contributed by atoms with E-state index in [1.54, 1.807) is 0 Å². The molecule has 0 saturated heterocycles. The van der Waals surface area contributed by atoms with Crippen LogP contribution in [-0.2, 0) is 10.0 Å². The fourth-order valence-electron chi connectivity index (χ4n) is 0.526. The van der Waals surface area contributed by atoms with Gasteiger partial charge < -0.3 is 10.7 Å². The van der Waals surface area contributed by atoms with Crippen LogP contribution < -0.4 is 21.7 Å². The van der Waals surface area contributed by atoms with Gasteiger partial charge in [0.25, 0.3) is 0 Å². The van der Waals surface area contributed by atoms with Gasteiger partial charge in [0.2, 0.25) is 10.0 Å². The van der Waals surface area contributed by atoms with Crippen molar-refractivity contribution in [3.8, 4) is 0 Å². The van der Waals surface area contributed by atoms with Crippen molar-refractivity contribution in [1.29, 1.82) is 0 Å². The zero-order valence-electron chi connectivity index (χ0n) is 6.41. The predicted octanol–water partition coefficient (Wildman–Crippen LogP) is -2.00. The first-order valence-corrected chi connectivity index (χ1v) is 5.33. The van der Waals surface area contributed by atoms with Crippen LogP contribution in [0.4, 0.5) is 0 Å². The summed E-state index contributed by atoms with van der Waals surface area (Å²) in [6.45, 7) is 0.430. The van der Waals surface area contributed by atoms with Crippen LogP contribution in [-0.4, -0.2) is 25.8 Å². The van der Waals surface area contributed by atoms with Crippen molar-refractivity contribution in [3.63, 3.8) is 0 Å². The molecule has 0 aromatic carbocycles. The van der Waals surface area contributed by atoms with Crippen molar-refractivity contribution >= 4 is 27.4 Å². The number of rotatable bonds is 4. The highest BCUT2D eigenvalue weighted by Crippen LogP contribution is 1.82. The Labute approximate surface area is 76.7 Å². The molecule has 0 amide bonds. The predicted molar refractivity (Wildman–Crippen MR) is 50.5 cm³/mol. The third-order valence-corrected chi connectivity index (χ3v) is 2.14. The average Bonchev–Trinajstić information content (AvgIpc) is 1.96. The highest BCUT2D eigenvalue weighted by molar-refractivity contribution is 7.89. The Balaban J connectivity index is 3.40. The lowest BCUT2D eigenvalue weighted by Crippen LogP contribution is -2.40. The zero-order valence-corrected chi connectivity index (χ0v) is 8.04. The van der Waals surface area contributed by atoms with Crippen molar-refractivity contribution in [2.45, 2.75) is 6.42 Å². The van der Waals surface area contributed by atoms with Crippen LogP contribution in [0.15, 0.2) is 0 Å². The van der Waals surface area contributed by atoms with Gasteiger partial charge in [-0.2, -0.15) is 0 Å². The molecule has 0 aromatic heterocycles. The smallest absolute Gasteiger partial charge is 0.209 e. The van der Waals surface area contributed by atoms with E-state index >= 15 is 0 Å². The normalized spacial score (nSPS) is 10.8. The van der Waals surface area contributed by atoms with E-state index in [-0.39, 0.29) is 10.9 Å². The van der Waals surface area contributed by atoms with E-state index < -0.39 is 10.0 Å². The zero-order chi connectivity index (χ0) is 9.61. The summed E-state index contributed by atoms with van der Waals surface area (Å²) in [5, 5.41) is 7.72. The molecule has 0 atom stereocenters. The van der Waals surface area contributed by atoms with Crippen molar-refractivity contribution in [2.24, 2.45) is 11.0 Å². The number of nitrogens with two attached hydrogens (primary N) is 2. The number of nitrogens with one attached hydrogen (secondary N) is 2. The molecule has 0 spiro atoms. The van der Waals surface area contributed by atoms with Gasteiger partial charge in [-0.15, -0.1) is 0 Å². The summed E-state index contributed by atoms with van der Waals surface area (Å²) < 4.78 is 20.8. The maximum Gasteiger partial charge on any atom is 0.209 e. The van der Waals surface area contributed by atoms with Crippen molar-refractivity contribution in [1.82, 2.24) is 10.7 Å². The second-order valence-electron chi connectivity index (χ2n) is 2.12. The Kier molecular flexibility index (Phi) is 5.06. The molecule has 12 heavy (non-hydrogen) atoms. The van der Waals surface area contributed by atoms with Gasteiger partial charge in [0, 0.05) is 6.54 Å². The first-order chi connectivity index (χ1) is 5.45. The van der Waals surface area contributed by atoms with Gasteiger partial charge in [-0.1, -0.05) is 0 Å². The number of hydrogen-bond acceptors (Lipinski definition) is 4. The van der Waals surface area contributed by atoms with Crippen LogP contribution in [0.1, 0.15) is 6.42 Å². The Bertz CT molecular complexity index is 237. The summed E-state index contributed by atoms with van der Waals surface area (Å²) in [6, 6.07) is 0. The second-order valence-corrected chi connectivity index (χ2v) is 4.26. The van der Waals surface area contributed by atoms with E-state index in [9.17, 15) is 8.42 Å². The highest BCUT2D eigenvalue weighted by Gasteiger charge is 2.01. The minimum atomic E-state index is -3.36. The van der Waals surface area contributed by atoms with Crippen LogP contribution >= 0.6 is 12.2 Å². The third-order valence-electron chi connectivity index (χ3n) is 1.02. The van der Waals surface area contributed by atoms with E-state index in [0.29, 0.717) is 13.0 Å². The Morgan fingerprint density at radius 2 is 2.08 bits per heavy atom. The molecule has 0 aliphatic heterocycles. The number of thiocarbonyl (C=S) groups is 1. The fraction of sp³-hybridized carbons (Fsp3) is 0.750. The van der Waals surface area contributed by atoms with E-state index in [1.807, 2.05) is 0 Å². The maximum absolute atomic E-state index is 10.4. The summed E-state index contributed by atoms with van der Waals surface area (Å²) in [5.74, 6) is 4.88. The number of sulfonamides is 1. The average molecular weight is 212 g/mol. The quantitative estimate of drug-likeness (QED) is 0.186. The number of hydrazine groups is 1. The lowest BCUT2D eigenvalue weighted by Gasteiger charge is -2.04. The lowest BCUT2D eigenvalue weighted by atomic mass is 10.5. The second kappa shape index (κ2) is 5.25. The fourth-order valence-corrected chi connectivity index (χ4v) is 1.18. The molecule has 0 unspecified atom stereocenters. The minimum Gasteiger partial charge on any atom is -0.362 e. The van der Waals surface area contributed by atoms with Crippen LogP contribution in [0.2, 0.25) is 0 Å². The monoisotopic (exact) mass is 212 g/mol. The molecule has 0 radical (unpaired) electrons. The molecule has 6 N–H and O–H groups in total. The summed E-state index contributed by atoms with van der Waals surface area (Å²) >= 11 is 4.63. The summed E-state index contributed by atoms with van der Waals surface area (Å²) in [7, 11) is -3.36. The first kappa shape index (κ1) is 11.6. The summed E-state index contributed by atoms with van der Waals surface area (Å²) in [6.07, 6.45) is 0.403. The Morgan fingerprint density at radius 1 is 1.50 bits per heavy atom. The van der Waals surface area contributed by atoms with Gasteiger partial charge in [-0.25, -0.2) is 19.4 Å². The molecule has 6 nitrogen and oxygen atoms in total. The molecule has 0 saturated carbocycles. The third kappa shape index (κ3) is 7.66. The summed E-state index contributed by atoms with van der Waals surface area (Å²) in [4.78, 5) is 0. The molecular formula is C4H12N4O2S2. The lowest BCUT2D eigenvalue weighted by molar-refractivity contribution is 0.594. The van der Waals surface area contributed by atoms with Gasteiger partial charge >= 0.3 is 0 Å². The highest BCUT2D eigenvalue weighted by atomic mass is 32.2. The Morgan fingerprint density at radius 3 is 2.50 bits per heavy atom. The van der Waals surface area contributed by atoms with Gasteiger partial charge in [0.05, 0.1) is 5.75 Å². The van der Waals surface area contributed by atoms with Gasteiger partial charge in [-0.3, -0.25) is 0 Å². The topological polar surface area (TPSA) is 110 Å². The molecular weight excluding hydrogens is 200 g/mol. The SMILES string of the molecule is NNC(=S)NCCCS(N)(=O)=O. The summed E-state index contributed by atoms with van der Waals surface area (Å²) in [5.41, 5.74) is 2.20. The van der Waals surface area contributed by atoms with Gasteiger partial charge in [0.1, 0.15) is 0 Å². The van der Waals surface area contributed by atoms with Gasteiger partial charge in [0.15, 0.2) is 5.11 Å². The molecule has 8 heteroatoms. The van der Waals surface area contributed by atoms with E-state index in [1.165, 1.54) is 0 Å². The molecule has 0 aromatic rings. The molecule has 0 heterocycles. The maximum atomic E-state index is 10.4. The Hall–Kier alpha value is -0.440. The van der Waals surface area contributed by atoms with Crippen LogP contribution in [0.25, 0.3) is 0 Å². The number of hydrogen-bond donors (Lipinski definition) is 4. The number of primary sulfonamides is 1. The molecule has 0 fully saturated rings. The van der Waals surface area contributed by atoms with E-state index in [0.717, 1.165) is 0 Å². The molecule has 72 valence electrons. The van der Waals surface area contributed by atoms with Crippen LogP contribution in [0.5, 0.6) is 0 Å². The van der Waals surface area contributed by atoms with Crippen LogP contribution in [0, 0.1) is 0 Å². The standard InChI is InChI=1S/C4H12N4O2S2/c5-8-4(11)7-2-1-3-12(6,9)10/h1-3,5H2,(H2,6,9,10)(H2,7,8,11). The largest absolute Gasteiger partial charge is 0.362 e. The van der Waals surface area contributed by atoms with E-state index in [2.05, 4.69) is 23.0 Å².